The van der Waals surface area contributed by atoms with Gasteiger partial charge in [-0.15, -0.1) is 0 Å². The number of aromatic nitrogens is 1. The molecule has 0 spiro atoms. The lowest BCUT2D eigenvalue weighted by atomic mass is 10.2. The number of hydrogen-bond acceptors (Lipinski definition) is 4. The smallest absolute Gasteiger partial charge is 0.217 e. The first kappa shape index (κ1) is 11.5. The highest BCUT2D eigenvalue weighted by molar-refractivity contribution is 7.91. The zero-order valence-electron chi connectivity index (χ0n) is 8.76. The Morgan fingerprint density at radius 3 is 2.69 bits per heavy atom. The summed E-state index contributed by atoms with van der Waals surface area (Å²) in [5, 5.41) is 0. The van der Waals surface area contributed by atoms with E-state index >= 15 is 0 Å². The van der Waals surface area contributed by atoms with Gasteiger partial charge in [0.15, 0.2) is 9.84 Å². The van der Waals surface area contributed by atoms with Crippen LogP contribution in [0.15, 0.2) is 18.3 Å². The Bertz CT molecular complexity index is 461. The fourth-order valence-corrected chi connectivity index (χ4v) is 2.96. The van der Waals surface area contributed by atoms with Crippen LogP contribution in [0.1, 0.15) is 5.56 Å². The van der Waals surface area contributed by atoms with Crippen LogP contribution in [0, 0.1) is 5.95 Å². The van der Waals surface area contributed by atoms with Crippen LogP contribution in [0.2, 0.25) is 0 Å². The minimum Gasteiger partial charge on any atom is -0.297 e. The van der Waals surface area contributed by atoms with E-state index in [1.165, 1.54) is 6.20 Å². The molecule has 0 aliphatic carbocycles. The van der Waals surface area contributed by atoms with Gasteiger partial charge < -0.3 is 0 Å². The summed E-state index contributed by atoms with van der Waals surface area (Å²) in [6.45, 7) is 1.36. The molecule has 1 aromatic heterocycles. The highest BCUT2D eigenvalue weighted by Crippen LogP contribution is 2.11. The van der Waals surface area contributed by atoms with Crippen LogP contribution >= 0.6 is 0 Å². The van der Waals surface area contributed by atoms with Gasteiger partial charge in [0, 0.05) is 31.4 Å². The lowest BCUT2D eigenvalue weighted by molar-refractivity contribution is 0.282. The molecule has 0 radical (unpaired) electrons. The normalized spacial score (nSPS) is 20.8. The van der Waals surface area contributed by atoms with Gasteiger partial charge in [-0.3, -0.25) is 4.90 Å². The van der Waals surface area contributed by atoms with E-state index in [0.29, 0.717) is 25.2 Å². The van der Waals surface area contributed by atoms with Crippen molar-refractivity contribution in [1.82, 2.24) is 9.88 Å². The Hall–Kier alpha value is -1.01. The van der Waals surface area contributed by atoms with Crippen LogP contribution in [-0.2, 0) is 16.4 Å². The van der Waals surface area contributed by atoms with E-state index in [-0.39, 0.29) is 11.5 Å². The van der Waals surface area contributed by atoms with Gasteiger partial charge in [-0.25, -0.2) is 13.4 Å². The molecule has 0 amide bonds. The summed E-state index contributed by atoms with van der Waals surface area (Å²) in [6, 6.07) is 3.35. The molecule has 16 heavy (non-hydrogen) atoms. The van der Waals surface area contributed by atoms with E-state index in [0.717, 1.165) is 0 Å². The first-order valence-electron chi connectivity index (χ1n) is 5.09. The van der Waals surface area contributed by atoms with Gasteiger partial charge in [-0.2, -0.15) is 4.39 Å². The van der Waals surface area contributed by atoms with E-state index < -0.39 is 15.8 Å². The molecule has 1 fully saturated rings. The number of hydrogen-bond donors (Lipinski definition) is 0. The molecule has 0 aromatic carbocycles. The van der Waals surface area contributed by atoms with E-state index in [4.69, 9.17) is 0 Å². The Morgan fingerprint density at radius 1 is 1.38 bits per heavy atom. The van der Waals surface area contributed by atoms with E-state index in [2.05, 4.69) is 4.98 Å². The third-order valence-corrected chi connectivity index (χ3v) is 4.28. The second kappa shape index (κ2) is 4.47. The lowest BCUT2D eigenvalue weighted by Crippen LogP contribution is -2.39. The number of rotatable bonds is 2. The predicted molar refractivity (Wildman–Crippen MR) is 58.1 cm³/mol. The first-order chi connectivity index (χ1) is 7.57. The molecule has 2 heterocycles. The maximum absolute atomic E-state index is 13.2. The Morgan fingerprint density at radius 2 is 2.06 bits per heavy atom. The first-order valence-corrected chi connectivity index (χ1v) is 6.91. The molecule has 1 saturated heterocycles. The van der Waals surface area contributed by atoms with Gasteiger partial charge in [0.25, 0.3) is 0 Å². The molecule has 6 heteroatoms. The quantitative estimate of drug-likeness (QED) is 0.709. The molecule has 1 aliphatic heterocycles. The summed E-state index contributed by atoms with van der Waals surface area (Å²) in [6.07, 6.45) is 1.40. The monoisotopic (exact) mass is 244 g/mol. The highest BCUT2D eigenvalue weighted by Gasteiger charge is 2.22. The molecule has 4 nitrogen and oxygen atoms in total. The van der Waals surface area contributed by atoms with Crippen molar-refractivity contribution in [2.75, 3.05) is 24.6 Å². The molecule has 0 saturated carbocycles. The lowest BCUT2D eigenvalue weighted by Gasteiger charge is -2.26. The Labute approximate surface area is 94.0 Å². The predicted octanol–water partition coefficient (Wildman–Crippen LogP) is 0.451. The second-order valence-corrected chi connectivity index (χ2v) is 6.18. The average Bonchev–Trinajstić information content (AvgIpc) is 2.24. The SMILES string of the molecule is O=S1(=O)CCN(Cc2cccnc2F)CC1. The highest BCUT2D eigenvalue weighted by atomic mass is 32.2. The zero-order valence-corrected chi connectivity index (χ0v) is 9.58. The molecule has 0 unspecified atom stereocenters. The van der Waals surface area contributed by atoms with Crippen molar-refractivity contribution in [3.05, 3.63) is 29.8 Å². The van der Waals surface area contributed by atoms with Crippen molar-refractivity contribution in [1.29, 1.82) is 0 Å². The number of halogens is 1. The summed E-state index contributed by atoms with van der Waals surface area (Å²) < 4.78 is 35.6. The van der Waals surface area contributed by atoms with Gasteiger partial charge >= 0.3 is 0 Å². The maximum atomic E-state index is 13.2. The molecule has 1 aliphatic rings. The van der Waals surface area contributed by atoms with Gasteiger partial charge in [0.2, 0.25) is 5.95 Å². The van der Waals surface area contributed by atoms with Crippen LogP contribution in [0.3, 0.4) is 0 Å². The Balaban J connectivity index is 2.00. The van der Waals surface area contributed by atoms with Crippen LogP contribution in [0.5, 0.6) is 0 Å². The molecular formula is C10H13FN2O2S. The van der Waals surface area contributed by atoms with Gasteiger partial charge in [-0.05, 0) is 6.07 Å². The van der Waals surface area contributed by atoms with Crippen molar-refractivity contribution in [2.45, 2.75) is 6.54 Å². The molecule has 88 valence electrons. The fraction of sp³-hybridized carbons (Fsp3) is 0.500. The number of sulfone groups is 1. The van der Waals surface area contributed by atoms with Crippen molar-refractivity contribution < 1.29 is 12.8 Å². The standard InChI is InChI=1S/C10H13FN2O2S/c11-10-9(2-1-3-12-10)8-13-4-6-16(14,15)7-5-13/h1-3H,4-8H2. The molecule has 1 aromatic rings. The van der Waals surface area contributed by atoms with E-state index in [9.17, 15) is 12.8 Å². The summed E-state index contributed by atoms with van der Waals surface area (Å²) in [5.74, 6) is -0.153. The van der Waals surface area contributed by atoms with Crippen LogP contribution in [0.4, 0.5) is 4.39 Å². The van der Waals surface area contributed by atoms with E-state index in [1.807, 2.05) is 4.90 Å². The molecule has 0 bridgehead atoms. The van der Waals surface area contributed by atoms with Crippen molar-refractivity contribution in [2.24, 2.45) is 0 Å². The Kier molecular flexibility index (Phi) is 3.20. The topological polar surface area (TPSA) is 50.3 Å². The van der Waals surface area contributed by atoms with Crippen molar-refractivity contribution >= 4 is 9.84 Å². The third-order valence-electron chi connectivity index (χ3n) is 2.67. The average molecular weight is 244 g/mol. The summed E-state index contributed by atoms with van der Waals surface area (Å²) in [4.78, 5) is 5.49. The number of nitrogens with zero attached hydrogens (tertiary/aromatic N) is 2. The minimum atomic E-state index is -2.87. The van der Waals surface area contributed by atoms with Gasteiger partial charge in [0.1, 0.15) is 0 Å². The summed E-state index contributed by atoms with van der Waals surface area (Å²) in [7, 11) is -2.87. The minimum absolute atomic E-state index is 0.162. The molecule has 0 atom stereocenters. The van der Waals surface area contributed by atoms with Crippen LogP contribution in [0.25, 0.3) is 0 Å². The summed E-state index contributed by atoms with van der Waals surface area (Å²) >= 11 is 0. The maximum Gasteiger partial charge on any atom is 0.217 e. The summed E-state index contributed by atoms with van der Waals surface area (Å²) in [5.41, 5.74) is 0.516. The molecule has 0 N–H and O–H groups in total. The zero-order chi connectivity index (χ0) is 11.6. The van der Waals surface area contributed by atoms with Crippen molar-refractivity contribution in [3.63, 3.8) is 0 Å². The van der Waals surface area contributed by atoms with Crippen LogP contribution < -0.4 is 0 Å². The van der Waals surface area contributed by atoms with Crippen LogP contribution in [-0.4, -0.2) is 42.9 Å². The fourth-order valence-electron chi connectivity index (χ4n) is 1.69. The molecule has 2 rings (SSSR count). The largest absolute Gasteiger partial charge is 0.297 e. The second-order valence-electron chi connectivity index (χ2n) is 3.88. The van der Waals surface area contributed by atoms with Gasteiger partial charge in [0.05, 0.1) is 11.5 Å². The van der Waals surface area contributed by atoms with E-state index in [1.54, 1.807) is 12.1 Å². The van der Waals surface area contributed by atoms with Gasteiger partial charge in [-0.1, -0.05) is 6.07 Å². The molecular weight excluding hydrogens is 231 g/mol. The third kappa shape index (κ3) is 2.76. The van der Waals surface area contributed by atoms with Crippen molar-refractivity contribution in [3.8, 4) is 0 Å². The number of pyridine rings is 1.